The monoisotopic (exact) mass is 125 g/mol. The lowest BCUT2D eigenvalue weighted by Crippen LogP contribution is -2.25. The lowest BCUT2D eigenvalue weighted by Gasteiger charge is -1.90. The van der Waals surface area contributed by atoms with Gasteiger partial charge >= 0.3 is 5.97 Å². The van der Waals surface area contributed by atoms with Gasteiger partial charge in [0.2, 0.25) is 0 Å². The summed E-state index contributed by atoms with van der Waals surface area (Å²) < 4.78 is 0. The second-order valence-corrected chi connectivity index (χ2v) is 1.13. The Morgan fingerprint density at radius 3 is 2.00 bits per heavy atom. The molecule has 0 bridgehead atoms. The fourth-order valence-corrected chi connectivity index (χ4v) is 0. The van der Waals surface area contributed by atoms with Crippen molar-refractivity contribution in [2.45, 2.75) is 13.0 Å². The minimum absolute atomic E-state index is 0. The van der Waals surface area contributed by atoms with Crippen molar-refractivity contribution in [2.75, 3.05) is 0 Å². The van der Waals surface area contributed by atoms with Crippen LogP contribution in [-0.4, -0.2) is 17.1 Å². The zero-order valence-electron chi connectivity index (χ0n) is 3.92. The number of carbonyl (C=O) groups is 1. The van der Waals surface area contributed by atoms with Crippen molar-refractivity contribution in [1.29, 1.82) is 0 Å². The highest BCUT2D eigenvalue weighted by Crippen LogP contribution is 1.68. The SMILES string of the molecule is CC(N)C(=O)O.Cl. The van der Waals surface area contributed by atoms with Crippen LogP contribution in [-0.2, 0) is 4.79 Å². The van der Waals surface area contributed by atoms with Crippen molar-refractivity contribution in [3.8, 4) is 0 Å². The maximum absolute atomic E-state index is 9.57. The van der Waals surface area contributed by atoms with E-state index in [2.05, 4.69) is 0 Å². The minimum Gasteiger partial charge on any atom is -0.480 e. The Balaban J connectivity index is 0. The van der Waals surface area contributed by atoms with Crippen LogP contribution in [0.2, 0.25) is 0 Å². The first-order chi connectivity index (χ1) is 2.64. The summed E-state index contributed by atoms with van der Waals surface area (Å²) in [4.78, 5) is 9.57. The molecule has 0 aliphatic rings. The summed E-state index contributed by atoms with van der Waals surface area (Å²) in [6.07, 6.45) is 0. The van der Waals surface area contributed by atoms with E-state index in [1.165, 1.54) is 6.92 Å². The molecule has 0 saturated carbocycles. The normalized spacial score (nSPS) is 11.7. The Morgan fingerprint density at radius 2 is 2.00 bits per heavy atom. The van der Waals surface area contributed by atoms with E-state index in [9.17, 15) is 4.79 Å². The Hall–Kier alpha value is -0.280. The zero-order chi connectivity index (χ0) is 5.15. The molecule has 0 aliphatic heterocycles. The topological polar surface area (TPSA) is 63.3 Å². The first-order valence-corrected chi connectivity index (χ1v) is 1.63. The van der Waals surface area contributed by atoms with Crippen LogP contribution in [0.3, 0.4) is 0 Å². The summed E-state index contributed by atoms with van der Waals surface area (Å²) >= 11 is 0. The molecule has 0 heterocycles. The van der Waals surface area contributed by atoms with Crippen LogP contribution in [0.5, 0.6) is 0 Å². The molecule has 7 heavy (non-hydrogen) atoms. The van der Waals surface area contributed by atoms with Gasteiger partial charge in [-0.3, -0.25) is 4.79 Å². The summed E-state index contributed by atoms with van der Waals surface area (Å²) in [5, 5.41) is 7.87. The largest absolute Gasteiger partial charge is 0.480 e. The van der Waals surface area contributed by atoms with Crippen molar-refractivity contribution < 1.29 is 9.90 Å². The van der Waals surface area contributed by atoms with Crippen LogP contribution in [0, 0.1) is 0 Å². The summed E-state index contributed by atoms with van der Waals surface area (Å²) in [6, 6.07) is -0.731. The molecule has 0 aromatic heterocycles. The van der Waals surface area contributed by atoms with E-state index in [0.29, 0.717) is 0 Å². The van der Waals surface area contributed by atoms with Gasteiger partial charge in [0.15, 0.2) is 0 Å². The van der Waals surface area contributed by atoms with E-state index in [1.54, 1.807) is 0 Å². The maximum Gasteiger partial charge on any atom is 0.320 e. The molecule has 1 unspecified atom stereocenters. The van der Waals surface area contributed by atoms with Gasteiger partial charge in [0.25, 0.3) is 0 Å². The van der Waals surface area contributed by atoms with Gasteiger partial charge in [-0.05, 0) is 6.92 Å². The highest BCUT2D eigenvalue weighted by atomic mass is 35.5. The first-order valence-electron chi connectivity index (χ1n) is 1.63. The number of halogens is 1. The molecule has 3 N–H and O–H groups in total. The molecule has 3 nitrogen and oxygen atoms in total. The van der Waals surface area contributed by atoms with E-state index < -0.39 is 12.0 Å². The molecule has 0 fully saturated rings. The van der Waals surface area contributed by atoms with Crippen LogP contribution in [0.1, 0.15) is 6.92 Å². The Kier molecular flexibility index (Phi) is 5.49. The van der Waals surface area contributed by atoms with Crippen LogP contribution < -0.4 is 5.73 Å². The smallest absolute Gasteiger partial charge is 0.320 e. The van der Waals surface area contributed by atoms with Gasteiger partial charge in [-0.2, -0.15) is 0 Å². The molecule has 0 aliphatic carbocycles. The van der Waals surface area contributed by atoms with Crippen LogP contribution in [0.4, 0.5) is 0 Å². The fraction of sp³-hybridized carbons (Fsp3) is 0.667. The molecular weight excluding hydrogens is 117 g/mol. The van der Waals surface area contributed by atoms with Crippen molar-refractivity contribution >= 4 is 18.4 Å². The molecule has 4 heteroatoms. The maximum atomic E-state index is 9.57. The zero-order valence-corrected chi connectivity index (χ0v) is 4.73. The van der Waals surface area contributed by atoms with E-state index in [1.807, 2.05) is 0 Å². The Bertz CT molecular complexity index is 64.0. The Morgan fingerprint density at radius 1 is 1.86 bits per heavy atom. The molecule has 0 spiro atoms. The molecule has 0 aromatic rings. The van der Waals surface area contributed by atoms with Gasteiger partial charge in [-0.1, -0.05) is 0 Å². The van der Waals surface area contributed by atoms with Gasteiger partial charge < -0.3 is 10.8 Å². The van der Waals surface area contributed by atoms with Crippen LogP contribution >= 0.6 is 12.4 Å². The van der Waals surface area contributed by atoms with Crippen molar-refractivity contribution in [2.24, 2.45) is 5.73 Å². The van der Waals surface area contributed by atoms with Gasteiger partial charge in [0, 0.05) is 0 Å². The molecule has 44 valence electrons. The third kappa shape index (κ3) is 5.72. The van der Waals surface area contributed by atoms with Crippen LogP contribution in [0.15, 0.2) is 0 Å². The number of hydrogen-bond donors (Lipinski definition) is 2. The molecule has 0 saturated heterocycles. The van der Waals surface area contributed by atoms with E-state index in [4.69, 9.17) is 10.8 Å². The lowest BCUT2D eigenvalue weighted by molar-refractivity contribution is -0.138. The predicted octanol–water partition coefficient (Wildman–Crippen LogP) is -0.160. The molecule has 0 amide bonds. The average molecular weight is 126 g/mol. The molecule has 0 rings (SSSR count). The van der Waals surface area contributed by atoms with E-state index in [0.717, 1.165) is 0 Å². The van der Waals surface area contributed by atoms with Gasteiger partial charge in [-0.15, -0.1) is 12.4 Å². The second-order valence-electron chi connectivity index (χ2n) is 1.13. The second kappa shape index (κ2) is 3.89. The van der Waals surface area contributed by atoms with Gasteiger partial charge in [0.05, 0.1) is 0 Å². The third-order valence-corrected chi connectivity index (χ3v) is 0.390. The van der Waals surface area contributed by atoms with Crippen molar-refractivity contribution in [1.82, 2.24) is 0 Å². The number of hydrogen-bond acceptors (Lipinski definition) is 2. The highest BCUT2D eigenvalue weighted by molar-refractivity contribution is 5.85. The van der Waals surface area contributed by atoms with Crippen molar-refractivity contribution in [3.63, 3.8) is 0 Å². The molecular formula is C3H8ClNO2. The summed E-state index contributed by atoms with van der Waals surface area (Å²) in [5.41, 5.74) is 4.84. The number of aliphatic carboxylic acids is 1. The standard InChI is InChI=1S/C3H7NO2.ClH/c1-2(4)3(5)6;/h2H,4H2,1H3,(H,5,6);1H. The molecule has 0 aromatic carbocycles. The fourth-order valence-electron chi connectivity index (χ4n) is 0. The summed E-state index contributed by atoms with van der Waals surface area (Å²) in [6.45, 7) is 1.42. The third-order valence-electron chi connectivity index (χ3n) is 0.390. The van der Waals surface area contributed by atoms with Crippen molar-refractivity contribution in [3.05, 3.63) is 0 Å². The van der Waals surface area contributed by atoms with Gasteiger partial charge in [0.1, 0.15) is 6.04 Å². The predicted molar refractivity (Wildman–Crippen MR) is 28.5 cm³/mol. The quantitative estimate of drug-likeness (QED) is 0.512. The van der Waals surface area contributed by atoms with Crippen LogP contribution in [0.25, 0.3) is 0 Å². The highest BCUT2D eigenvalue weighted by Gasteiger charge is 1.99. The minimum atomic E-state index is -0.963. The summed E-state index contributed by atoms with van der Waals surface area (Å²) in [7, 11) is 0. The molecule has 0 radical (unpaired) electrons. The average Bonchev–Trinajstić information content (AvgIpc) is 1.36. The van der Waals surface area contributed by atoms with E-state index >= 15 is 0 Å². The number of rotatable bonds is 1. The number of carboxylic acids is 1. The summed E-state index contributed by atoms with van der Waals surface area (Å²) in [5.74, 6) is -0.963. The molecule has 1 atom stereocenters. The lowest BCUT2D eigenvalue weighted by atomic mass is 10.4. The first kappa shape index (κ1) is 9.87. The number of nitrogens with two attached hydrogens (primary N) is 1. The van der Waals surface area contributed by atoms with E-state index in [-0.39, 0.29) is 12.4 Å². The Labute approximate surface area is 47.9 Å². The number of carboxylic acid groups (broad SMARTS) is 1. The van der Waals surface area contributed by atoms with Gasteiger partial charge in [-0.25, -0.2) is 0 Å².